The number of halogens is 3. The van der Waals surface area contributed by atoms with Crippen LogP contribution < -0.4 is 9.46 Å². The zero-order valence-electron chi connectivity index (χ0n) is 23.8. The number of anilines is 1. The smallest absolute Gasteiger partial charge is 0.261 e. The van der Waals surface area contributed by atoms with Crippen LogP contribution >= 0.6 is 0 Å². The Balaban J connectivity index is 1.68. The Kier molecular flexibility index (Phi) is 9.80. The number of nitrogens with zero attached hydrogens (tertiary/aromatic N) is 2. The van der Waals surface area contributed by atoms with E-state index in [1.54, 1.807) is 14.2 Å². The summed E-state index contributed by atoms with van der Waals surface area (Å²) in [4.78, 5) is 16.6. The van der Waals surface area contributed by atoms with E-state index in [0.717, 1.165) is 30.3 Å². The molecule has 8 nitrogen and oxygen atoms in total. The fourth-order valence-electron chi connectivity index (χ4n) is 4.86. The van der Waals surface area contributed by atoms with Gasteiger partial charge in [0.1, 0.15) is 29.8 Å². The average Bonchev–Trinajstić information content (AvgIpc) is 2.95. The van der Waals surface area contributed by atoms with E-state index in [9.17, 15) is 26.4 Å². The summed E-state index contributed by atoms with van der Waals surface area (Å²) in [5, 5.41) is 0. The molecule has 0 bridgehead atoms. The van der Waals surface area contributed by atoms with Gasteiger partial charge in [-0.2, -0.15) is 0 Å². The molecule has 1 N–H and O–H groups in total. The van der Waals surface area contributed by atoms with Crippen LogP contribution in [-0.2, 0) is 21.3 Å². The van der Waals surface area contributed by atoms with Crippen molar-refractivity contribution in [1.82, 2.24) is 9.80 Å². The van der Waals surface area contributed by atoms with Gasteiger partial charge in [0.15, 0.2) is 0 Å². The number of sulfonamides is 1. The summed E-state index contributed by atoms with van der Waals surface area (Å²) in [7, 11) is -0.957. The molecule has 0 saturated heterocycles. The van der Waals surface area contributed by atoms with Crippen LogP contribution in [0.5, 0.6) is 5.75 Å². The molecule has 12 heteroatoms. The first kappa shape index (κ1) is 31.3. The second kappa shape index (κ2) is 13.1. The van der Waals surface area contributed by atoms with Gasteiger partial charge in [-0.3, -0.25) is 14.4 Å². The van der Waals surface area contributed by atoms with E-state index in [4.69, 9.17) is 9.47 Å². The Labute approximate surface area is 244 Å². The van der Waals surface area contributed by atoms with Crippen molar-refractivity contribution in [2.24, 2.45) is 5.92 Å². The molecule has 42 heavy (non-hydrogen) atoms. The van der Waals surface area contributed by atoms with E-state index in [2.05, 4.69) is 4.72 Å². The van der Waals surface area contributed by atoms with E-state index >= 15 is 0 Å². The third kappa shape index (κ3) is 7.42. The van der Waals surface area contributed by atoms with Crippen LogP contribution in [0.4, 0.5) is 18.9 Å². The molecule has 3 aromatic rings. The van der Waals surface area contributed by atoms with Crippen LogP contribution in [0.1, 0.15) is 29.8 Å². The summed E-state index contributed by atoms with van der Waals surface area (Å²) in [5.41, 5.74) is 0.497. The SMILES string of the molecule is CO[C@@H]1CN(C)C(=O)c2ccc(NS(=O)(=O)c3cccc(F)c3)cc2OC[C@H](C)N(Cc2cc(F)ccc2F)C[C@@H]1C. The minimum atomic E-state index is -4.14. The molecule has 3 atom stereocenters. The lowest BCUT2D eigenvalue weighted by atomic mass is 10.0. The van der Waals surface area contributed by atoms with Crippen molar-refractivity contribution in [3.8, 4) is 5.75 Å². The maximum atomic E-state index is 14.6. The maximum Gasteiger partial charge on any atom is 0.261 e. The largest absolute Gasteiger partial charge is 0.491 e. The van der Waals surface area contributed by atoms with Gasteiger partial charge in [0.25, 0.3) is 15.9 Å². The monoisotopic (exact) mass is 605 g/mol. The van der Waals surface area contributed by atoms with Crippen LogP contribution in [0.3, 0.4) is 0 Å². The molecule has 1 aliphatic heterocycles. The van der Waals surface area contributed by atoms with E-state index in [-0.39, 0.29) is 71.1 Å². The Morgan fingerprint density at radius 1 is 1.00 bits per heavy atom. The van der Waals surface area contributed by atoms with Crippen molar-refractivity contribution in [3.05, 3.63) is 89.2 Å². The number of likely N-dealkylation sites (N-methyl/N-ethyl adjacent to an activating group) is 1. The van der Waals surface area contributed by atoms with Gasteiger partial charge in [-0.15, -0.1) is 0 Å². The van der Waals surface area contributed by atoms with Gasteiger partial charge < -0.3 is 14.4 Å². The van der Waals surface area contributed by atoms with E-state index < -0.39 is 27.5 Å². The van der Waals surface area contributed by atoms with Gasteiger partial charge in [0.05, 0.1) is 22.3 Å². The average molecular weight is 606 g/mol. The van der Waals surface area contributed by atoms with Gasteiger partial charge in [0.2, 0.25) is 0 Å². The zero-order valence-corrected chi connectivity index (χ0v) is 24.6. The first-order valence-electron chi connectivity index (χ1n) is 13.4. The van der Waals surface area contributed by atoms with Crippen molar-refractivity contribution in [2.75, 3.05) is 38.6 Å². The second-order valence-corrected chi connectivity index (χ2v) is 12.2. The number of amides is 1. The van der Waals surface area contributed by atoms with E-state index in [1.165, 1.54) is 35.2 Å². The highest BCUT2D eigenvalue weighted by molar-refractivity contribution is 7.92. The molecule has 0 unspecified atom stereocenters. The molecule has 0 radical (unpaired) electrons. The number of nitrogens with one attached hydrogen (secondary N) is 1. The lowest BCUT2D eigenvalue weighted by Gasteiger charge is -2.36. The van der Waals surface area contributed by atoms with E-state index in [0.29, 0.717) is 6.54 Å². The highest BCUT2D eigenvalue weighted by Crippen LogP contribution is 2.29. The summed E-state index contributed by atoms with van der Waals surface area (Å²) in [5.74, 6) is -2.11. The maximum absolute atomic E-state index is 14.6. The summed E-state index contributed by atoms with van der Waals surface area (Å²) in [6, 6.07) is 11.8. The van der Waals surface area contributed by atoms with Gasteiger partial charge in [-0.1, -0.05) is 13.0 Å². The van der Waals surface area contributed by atoms with Crippen molar-refractivity contribution >= 4 is 21.6 Å². The van der Waals surface area contributed by atoms with E-state index in [1.807, 2.05) is 18.7 Å². The molecule has 1 heterocycles. The van der Waals surface area contributed by atoms with Crippen molar-refractivity contribution in [1.29, 1.82) is 0 Å². The van der Waals surface area contributed by atoms with Crippen LogP contribution in [0.25, 0.3) is 0 Å². The van der Waals surface area contributed by atoms with Crippen LogP contribution in [0.2, 0.25) is 0 Å². The molecule has 0 aliphatic carbocycles. The van der Waals surface area contributed by atoms with Crippen molar-refractivity contribution in [3.63, 3.8) is 0 Å². The van der Waals surface area contributed by atoms with Crippen LogP contribution in [0, 0.1) is 23.4 Å². The van der Waals surface area contributed by atoms with Gasteiger partial charge in [-0.05, 0) is 61.4 Å². The van der Waals surface area contributed by atoms with Gasteiger partial charge >= 0.3 is 0 Å². The van der Waals surface area contributed by atoms with Gasteiger partial charge in [0, 0.05) is 51.5 Å². The number of carbonyl (C=O) groups is 1. The first-order valence-corrected chi connectivity index (χ1v) is 14.9. The minimum absolute atomic E-state index is 0.0470. The number of hydrogen-bond acceptors (Lipinski definition) is 6. The Bertz CT molecular complexity index is 1540. The molecular weight excluding hydrogens is 571 g/mol. The molecule has 1 aliphatic rings. The number of methoxy groups -OCH3 is 1. The molecule has 226 valence electrons. The predicted molar refractivity (Wildman–Crippen MR) is 152 cm³/mol. The number of rotatable bonds is 6. The first-order chi connectivity index (χ1) is 19.9. The number of benzene rings is 3. The van der Waals surface area contributed by atoms with Crippen molar-refractivity contribution < 1.29 is 35.9 Å². The Morgan fingerprint density at radius 2 is 1.74 bits per heavy atom. The highest BCUT2D eigenvalue weighted by Gasteiger charge is 2.29. The minimum Gasteiger partial charge on any atom is -0.491 e. The lowest BCUT2D eigenvalue weighted by molar-refractivity contribution is 0.00903. The number of hydrogen-bond donors (Lipinski definition) is 1. The number of fused-ring (bicyclic) bond motifs is 1. The normalized spacial score (nSPS) is 20.7. The molecule has 0 fully saturated rings. The quantitative estimate of drug-likeness (QED) is 0.430. The Hall–Kier alpha value is -3.61. The highest BCUT2D eigenvalue weighted by atomic mass is 32.2. The standard InChI is InChI=1S/C30H34F3N3O5S/c1-19-15-36(16-21-12-23(32)8-11-27(21)33)20(2)18-41-28-14-24(34-42(38,39)25-7-5-6-22(31)13-25)9-10-26(28)30(37)35(3)17-29(19)40-4/h5-14,19-20,29,34H,15-18H2,1-4H3/t19-,20-,29+/m0/s1. The third-order valence-corrected chi connectivity index (χ3v) is 8.69. The molecule has 3 aromatic carbocycles. The van der Waals surface area contributed by atoms with Crippen LogP contribution in [0.15, 0.2) is 65.6 Å². The fourth-order valence-corrected chi connectivity index (χ4v) is 5.94. The lowest BCUT2D eigenvalue weighted by Crippen LogP contribution is -2.46. The molecular formula is C30H34F3N3O5S. The molecule has 1 amide bonds. The Morgan fingerprint density at radius 3 is 2.45 bits per heavy atom. The summed E-state index contributed by atoms with van der Waals surface area (Å²) < 4.78 is 82.2. The number of ether oxygens (including phenoxy) is 2. The third-order valence-electron chi connectivity index (χ3n) is 7.32. The zero-order chi connectivity index (χ0) is 30.6. The predicted octanol–water partition coefficient (Wildman–Crippen LogP) is 4.91. The molecule has 0 aromatic heterocycles. The number of carbonyl (C=O) groups excluding carboxylic acids is 1. The summed E-state index contributed by atoms with van der Waals surface area (Å²) in [6.07, 6.45) is -0.368. The summed E-state index contributed by atoms with van der Waals surface area (Å²) >= 11 is 0. The topological polar surface area (TPSA) is 88.2 Å². The van der Waals surface area contributed by atoms with Gasteiger partial charge in [-0.25, -0.2) is 21.6 Å². The molecule has 4 rings (SSSR count). The van der Waals surface area contributed by atoms with Crippen molar-refractivity contribution in [2.45, 2.75) is 37.4 Å². The summed E-state index contributed by atoms with van der Waals surface area (Å²) in [6.45, 7) is 4.64. The molecule has 0 saturated carbocycles. The fraction of sp³-hybridized carbons (Fsp3) is 0.367. The molecule has 0 spiro atoms. The second-order valence-electron chi connectivity index (χ2n) is 10.5. The van der Waals surface area contributed by atoms with Crippen LogP contribution in [-0.4, -0.2) is 70.1 Å².